The van der Waals surface area contributed by atoms with Crippen molar-refractivity contribution in [3.05, 3.63) is 82.9 Å². The number of piperidine rings is 1. The number of methoxy groups -OCH3 is 1. The normalized spacial score (nSPS) is 16.3. The molecule has 1 amide bonds. The molecule has 2 N–H and O–H groups in total. The van der Waals surface area contributed by atoms with E-state index in [1.165, 1.54) is 6.07 Å². The summed E-state index contributed by atoms with van der Waals surface area (Å²) in [6, 6.07) is 20.7. The number of piperazine rings is 1. The lowest BCUT2D eigenvalue weighted by Crippen LogP contribution is -2.49. The quantitative estimate of drug-likeness (QED) is 0.445. The summed E-state index contributed by atoms with van der Waals surface area (Å²) in [5.41, 5.74) is 5.07. The van der Waals surface area contributed by atoms with Gasteiger partial charge in [0.15, 0.2) is 0 Å². The lowest BCUT2D eigenvalue weighted by Gasteiger charge is -2.37. The predicted octanol–water partition coefficient (Wildman–Crippen LogP) is 3.94. The molecule has 2 saturated heterocycles. The van der Waals surface area contributed by atoms with Crippen LogP contribution in [-0.4, -0.2) is 65.6 Å². The van der Waals surface area contributed by atoms with E-state index >= 15 is 0 Å². The first kappa shape index (κ1) is 29.4. The molecule has 220 valence electrons. The summed E-state index contributed by atoms with van der Waals surface area (Å²) in [4.78, 5) is 19.9. The fourth-order valence-electron chi connectivity index (χ4n) is 6.09. The van der Waals surface area contributed by atoms with Gasteiger partial charge < -0.3 is 19.4 Å². The molecule has 10 heteroatoms. The van der Waals surface area contributed by atoms with Gasteiger partial charge in [-0.05, 0) is 79.6 Å². The highest BCUT2D eigenvalue weighted by molar-refractivity contribution is 7.89. The standard InChI is InChI=1S/C32H37N5O4S/c1-23-19-30(41-2)27(21-26(23)20-24-11-13-35(14-12-24)28-8-4-3-7-25(28)22-33)32(38)37-17-15-36(16-18-37)29-9-5-6-10-31(29)42(34,39)40/h3-10,19,21,24H,11-18,20H2,1-2H3,(H2,34,39,40). The van der Waals surface area contributed by atoms with E-state index in [1.54, 1.807) is 30.2 Å². The molecule has 3 aromatic carbocycles. The van der Waals surface area contributed by atoms with Gasteiger partial charge in [-0.1, -0.05) is 24.3 Å². The van der Waals surface area contributed by atoms with Crippen LogP contribution in [0.5, 0.6) is 5.75 Å². The lowest BCUT2D eigenvalue weighted by atomic mass is 9.87. The van der Waals surface area contributed by atoms with E-state index in [4.69, 9.17) is 9.88 Å². The molecule has 2 fully saturated rings. The number of nitrogens with two attached hydrogens (primary N) is 1. The van der Waals surface area contributed by atoms with Crippen LogP contribution >= 0.6 is 0 Å². The van der Waals surface area contributed by atoms with Gasteiger partial charge in [0.1, 0.15) is 16.7 Å². The molecule has 0 unspecified atom stereocenters. The minimum Gasteiger partial charge on any atom is -0.496 e. The first-order valence-corrected chi connectivity index (χ1v) is 15.8. The fraction of sp³-hybridized carbons (Fsp3) is 0.375. The van der Waals surface area contributed by atoms with E-state index < -0.39 is 10.0 Å². The Bertz CT molecular complexity index is 1600. The highest BCUT2D eigenvalue weighted by Crippen LogP contribution is 2.32. The Labute approximate surface area is 248 Å². The van der Waals surface area contributed by atoms with Crippen molar-refractivity contribution in [2.24, 2.45) is 11.1 Å². The molecule has 0 aromatic heterocycles. The Hall–Kier alpha value is -4.07. The molecule has 5 rings (SSSR count). The molecule has 2 heterocycles. The van der Waals surface area contributed by atoms with E-state index in [1.807, 2.05) is 41.3 Å². The van der Waals surface area contributed by atoms with Crippen LogP contribution < -0.4 is 19.7 Å². The number of benzene rings is 3. The molecule has 0 bridgehead atoms. The van der Waals surface area contributed by atoms with Crippen molar-refractivity contribution < 1.29 is 17.9 Å². The number of sulfonamides is 1. The van der Waals surface area contributed by atoms with Gasteiger partial charge in [-0.15, -0.1) is 0 Å². The van der Waals surface area contributed by atoms with Crippen LogP contribution in [0.2, 0.25) is 0 Å². The molecule has 0 radical (unpaired) electrons. The number of aryl methyl sites for hydroxylation is 1. The number of rotatable bonds is 7. The molecule has 0 saturated carbocycles. The van der Waals surface area contributed by atoms with Gasteiger partial charge in [-0.25, -0.2) is 13.6 Å². The topological polar surface area (TPSA) is 120 Å². The zero-order valence-corrected chi connectivity index (χ0v) is 24.9. The molecule has 0 spiro atoms. The van der Waals surface area contributed by atoms with Gasteiger partial charge >= 0.3 is 0 Å². The van der Waals surface area contributed by atoms with Crippen LogP contribution in [0, 0.1) is 24.2 Å². The molecular weight excluding hydrogens is 550 g/mol. The number of nitriles is 1. The number of carbonyl (C=O) groups excluding carboxylic acids is 1. The number of anilines is 2. The van der Waals surface area contributed by atoms with Crippen LogP contribution in [0.3, 0.4) is 0 Å². The van der Waals surface area contributed by atoms with Crippen molar-refractivity contribution in [1.29, 1.82) is 5.26 Å². The SMILES string of the molecule is COc1cc(C)c(CC2CCN(c3ccccc3C#N)CC2)cc1C(=O)N1CCN(c2ccccc2S(N)(=O)=O)CC1. The maximum Gasteiger partial charge on any atom is 0.257 e. The predicted molar refractivity (Wildman–Crippen MR) is 163 cm³/mol. The lowest BCUT2D eigenvalue weighted by molar-refractivity contribution is 0.0743. The first-order chi connectivity index (χ1) is 20.2. The van der Waals surface area contributed by atoms with Gasteiger partial charge in [0.2, 0.25) is 10.0 Å². The molecule has 2 aliphatic heterocycles. The van der Waals surface area contributed by atoms with Crippen LogP contribution in [0.4, 0.5) is 11.4 Å². The molecule has 2 aliphatic rings. The van der Waals surface area contributed by atoms with Crippen LogP contribution in [0.1, 0.15) is 39.9 Å². The highest BCUT2D eigenvalue weighted by Gasteiger charge is 2.28. The molecule has 9 nitrogen and oxygen atoms in total. The van der Waals surface area contributed by atoms with Crippen molar-refractivity contribution in [2.45, 2.75) is 31.1 Å². The second-order valence-corrected chi connectivity index (χ2v) is 12.6. The van der Waals surface area contributed by atoms with Gasteiger partial charge in [0, 0.05) is 39.3 Å². The second kappa shape index (κ2) is 12.4. The van der Waals surface area contributed by atoms with E-state index in [9.17, 15) is 18.5 Å². The number of ether oxygens (including phenoxy) is 1. The molecule has 0 atom stereocenters. The maximum atomic E-state index is 13.7. The number of hydrogen-bond donors (Lipinski definition) is 1. The minimum atomic E-state index is -3.86. The number of nitrogens with zero attached hydrogens (tertiary/aromatic N) is 4. The summed E-state index contributed by atoms with van der Waals surface area (Å²) in [5, 5.41) is 14.9. The average Bonchev–Trinajstić information content (AvgIpc) is 3.01. The number of amides is 1. The summed E-state index contributed by atoms with van der Waals surface area (Å²) >= 11 is 0. The number of primary sulfonamides is 1. The van der Waals surface area contributed by atoms with E-state index in [0.29, 0.717) is 54.7 Å². The Kier molecular flexibility index (Phi) is 8.71. The summed E-state index contributed by atoms with van der Waals surface area (Å²) in [5.74, 6) is 0.953. The van der Waals surface area contributed by atoms with Gasteiger partial charge in [-0.2, -0.15) is 5.26 Å². The third kappa shape index (κ3) is 6.22. The fourth-order valence-corrected chi connectivity index (χ4v) is 6.85. The summed E-state index contributed by atoms with van der Waals surface area (Å²) in [7, 11) is -2.28. The van der Waals surface area contributed by atoms with Crippen molar-refractivity contribution >= 4 is 27.3 Å². The largest absolute Gasteiger partial charge is 0.496 e. The molecule has 42 heavy (non-hydrogen) atoms. The summed E-state index contributed by atoms with van der Waals surface area (Å²) in [6.45, 7) is 5.73. The van der Waals surface area contributed by atoms with Crippen LogP contribution in [0.25, 0.3) is 0 Å². The summed E-state index contributed by atoms with van der Waals surface area (Å²) < 4.78 is 29.8. The van der Waals surface area contributed by atoms with Gasteiger partial charge in [0.25, 0.3) is 5.91 Å². The zero-order chi connectivity index (χ0) is 29.9. The Morgan fingerprint density at radius 2 is 1.57 bits per heavy atom. The maximum absolute atomic E-state index is 13.7. The first-order valence-electron chi connectivity index (χ1n) is 14.3. The monoisotopic (exact) mass is 587 g/mol. The van der Waals surface area contributed by atoms with E-state index in [-0.39, 0.29) is 10.8 Å². The third-order valence-electron chi connectivity index (χ3n) is 8.46. The van der Waals surface area contributed by atoms with E-state index in [0.717, 1.165) is 49.2 Å². The van der Waals surface area contributed by atoms with E-state index in [2.05, 4.69) is 17.9 Å². The van der Waals surface area contributed by atoms with Crippen molar-refractivity contribution in [1.82, 2.24) is 4.90 Å². The number of carbonyl (C=O) groups is 1. The number of hydrogen-bond acceptors (Lipinski definition) is 7. The molecular formula is C32H37N5O4S. The zero-order valence-electron chi connectivity index (χ0n) is 24.1. The second-order valence-electron chi connectivity index (χ2n) is 11.0. The summed E-state index contributed by atoms with van der Waals surface area (Å²) in [6.07, 6.45) is 2.90. The van der Waals surface area contributed by atoms with Crippen molar-refractivity contribution in [3.63, 3.8) is 0 Å². The Morgan fingerprint density at radius 1 is 0.952 bits per heavy atom. The van der Waals surface area contributed by atoms with Crippen LogP contribution in [-0.2, 0) is 16.4 Å². The highest BCUT2D eigenvalue weighted by atomic mass is 32.2. The molecule has 0 aliphatic carbocycles. The Morgan fingerprint density at radius 3 is 2.21 bits per heavy atom. The Balaban J connectivity index is 1.26. The van der Waals surface area contributed by atoms with Gasteiger partial charge in [0.05, 0.1) is 29.6 Å². The van der Waals surface area contributed by atoms with Crippen molar-refractivity contribution in [3.8, 4) is 11.8 Å². The number of para-hydroxylation sites is 2. The molecule has 3 aromatic rings. The van der Waals surface area contributed by atoms with Gasteiger partial charge in [-0.3, -0.25) is 4.79 Å². The van der Waals surface area contributed by atoms with Crippen LogP contribution in [0.15, 0.2) is 65.6 Å². The third-order valence-corrected chi connectivity index (χ3v) is 9.41. The minimum absolute atomic E-state index is 0.0876. The smallest absolute Gasteiger partial charge is 0.257 e. The van der Waals surface area contributed by atoms with Crippen molar-refractivity contribution in [2.75, 3.05) is 56.2 Å². The average molecular weight is 588 g/mol.